The molecule has 1 aromatic rings. The molecule has 0 radical (unpaired) electrons. The van der Waals surface area contributed by atoms with Gasteiger partial charge in [-0.05, 0) is 61.3 Å². The predicted molar refractivity (Wildman–Crippen MR) is 89.6 cm³/mol. The van der Waals surface area contributed by atoms with E-state index in [-0.39, 0.29) is 35.5 Å². The molecule has 0 aromatic heterocycles. The molecule has 5 heteroatoms. The van der Waals surface area contributed by atoms with Crippen molar-refractivity contribution in [3.8, 4) is 0 Å². The van der Waals surface area contributed by atoms with Crippen LogP contribution < -0.4 is 4.90 Å². The van der Waals surface area contributed by atoms with Crippen molar-refractivity contribution >= 4 is 23.5 Å². The maximum atomic E-state index is 13.0. The van der Waals surface area contributed by atoms with Gasteiger partial charge >= 0.3 is 5.97 Å². The molecule has 0 spiro atoms. The van der Waals surface area contributed by atoms with Gasteiger partial charge in [-0.1, -0.05) is 12.2 Å². The zero-order valence-corrected chi connectivity index (χ0v) is 13.9. The Morgan fingerprint density at radius 2 is 1.60 bits per heavy atom. The third-order valence-corrected chi connectivity index (χ3v) is 6.30. The fraction of sp³-hybridized carbons (Fsp3) is 0.450. The van der Waals surface area contributed by atoms with Crippen LogP contribution in [0, 0.1) is 35.5 Å². The van der Waals surface area contributed by atoms with Crippen LogP contribution in [-0.2, 0) is 14.3 Å². The summed E-state index contributed by atoms with van der Waals surface area (Å²) in [6.07, 6.45) is 5.49. The van der Waals surface area contributed by atoms with E-state index in [0.717, 1.165) is 6.42 Å². The normalized spacial score (nSPS) is 37.1. The second-order valence-corrected chi connectivity index (χ2v) is 7.43. The van der Waals surface area contributed by atoms with Gasteiger partial charge in [0.2, 0.25) is 11.8 Å². The van der Waals surface area contributed by atoms with Crippen molar-refractivity contribution in [1.29, 1.82) is 0 Å². The molecular formula is C20H19NO4. The lowest BCUT2D eigenvalue weighted by atomic mass is 9.63. The number of allylic oxidation sites excluding steroid dienone is 2. The van der Waals surface area contributed by atoms with Crippen molar-refractivity contribution < 1.29 is 19.1 Å². The standard InChI is InChI=1S/C20H19NO4/c1-2-25-20(24)10-3-5-11(6-4-10)21-18(22)16-12-7-8-13(15-9-14(12)15)17(16)19(21)23/h3-8,12-17H,2,9H2,1H3/t12-,13-,14-,15-,16-,17+/m0/s1. The summed E-state index contributed by atoms with van der Waals surface area (Å²) >= 11 is 0. The minimum Gasteiger partial charge on any atom is -0.462 e. The topological polar surface area (TPSA) is 63.7 Å². The third-order valence-electron chi connectivity index (χ3n) is 6.30. The predicted octanol–water partition coefficient (Wildman–Crippen LogP) is 2.42. The maximum Gasteiger partial charge on any atom is 0.338 e. The summed E-state index contributed by atoms with van der Waals surface area (Å²) in [4.78, 5) is 39.1. The highest BCUT2D eigenvalue weighted by Crippen LogP contribution is 2.65. The molecule has 2 bridgehead atoms. The van der Waals surface area contributed by atoms with Crippen molar-refractivity contribution in [1.82, 2.24) is 0 Å². The highest BCUT2D eigenvalue weighted by Gasteiger charge is 2.67. The van der Waals surface area contributed by atoms with Gasteiger partial charge in [-0.15, -0.1) is 0 Å². The monoisotopic (exact) mass is 337 g/mol. The van der Waals surface area contributed by atoms with Crippen molar-refractivity contribution in [2.24, 2.45) is 35.5 Å². The van der Waals surface area contributed by atoms with E-state index >= 15 is 0 Å². The Bertz CT molecular complexity index is 775. The summed E-state index contributed by atoms with van der Waals surface area (Å²) in [5.41, 5.74) is 0.968. The van der Waals surface area contributed by atoms with Crippen LogP contribution in [0.2, 0.25) is 0 Å². The molecule has 1 aliphatic heterocycles. The molecule has 6 rings (SSSR count). The lowest BCUT2D eigenvalue weighted by molar-refractivity contribution is -0.124. The molecule has 5 nitrogen and oxygen atoms in total. The molecule has 1 heterocycles. The summed E-state index contributed by atoms with van der Waals surface area (Å²) in [6, 6.07) is 6.55. The molecule has 3 fully saturated rings. The third kappa shape index (κ3) is 1.92. The first-order valence-electron chi connectivity index (χ1n) is 8.95. The molecule has 5 aliphatic rings. The SMILES string of the molecule is CCOC(=O)c1ccc(N2C(=O)[C@@H]3[C@H]4C=C[C@@H]([C@@H]5C[C@@H]45)[C@@H]3C2=O)cc1. The fourth-order valence-corrected chi connectivity index (χ4v) is 5.17. The van der Waals surface area contributed by atoms with E-state index in [1.807, 2.05) is 0 Å². The Hall–Kier alpha value is -2.43. The molecule has 1 aromatic carbocycles. The summed E-state index contributed by atoms with van der Waals surface area (Å²) in [5.74, 6) is 0.682. The molecule has 0 unspecified atom stereocenters. The van der Waals surface area contributed by atoms with Crippen LogP contribution in [0.25, 0.3) is 0 Å². The van der Waals surface area contributed by atoms with Crippen LogP contribution in [0.15, 0.2) is 36.4 Å². The Morgan fingerprint density at radius 1 is 1.04 bits per heavy atom. The summed E-state index contributed by atoms with van der Waals surface area (Å²) < 4.78 is 4.97. The van der Waals surface area contributed by atoms with E-state index in [4.69, 9.17) is 4.74 Å². The highest BCUT2D eigenvalue weighted by atomic mass is 16.5. The molecule has 1 saturated heterocycles. The van der Waals surface area contributed by atoms with Crippen LogP contribution in [0.3, 0.4) is 0 Å². The summed E-state index contributed by atoms with van der Waals surface area (Å²) in [5, 5.41) is 0. The van der Waals surface area contributed by atoms with E-state index in [1.165, 1.54) is 4.90 Å². The first-order valence-corrected chi connectivity index (χ1v) is 8.95. The van der Waals surface area contributed by atoms with Gasteiger partial charge in [0.15, 0.2) is 0 Å². The van der Waals surface area contributed by atoms with Gasteiger partial charge in [0.25, 0.3) is 0 Å². The van der Waals surface area contributed by atoms with Gasteiger partial charge in [0, 0.05) is 0 Å². The number of benzene rings is 1. The molecule has 2 amide bonds. The lowest BCUT2D eigenvalue weighted by Gasteiger charge is -2.37. The van der Waals surface area contributed by atoms with E-state index in [9.17, 15) is 14.4 Å². The number of amides is 2. The summed E-state index contributed by atoms with van der Waals surface area (Å²) in [7, 11) is 0. The second kappa shape index (κ2) is 5.04. The van der Waals surface area contributed by atoms with Gasteiger partial charge in [0.1, 0.15) is 0 Å². The van der Waals surface area contributed by atoms with Crippen LogP contribution in [0.4, 0.5) is 5.69 Å². The van der Waals surface area contributed by atoms with Crippen LogP contribution in [0.5, 0.6) is 0 Å². The Balaban J connectivity index is 1.45. The van der Waals surface area contributed by atoms with Crippen LogP contribution in [-0.4, -0.2) is 24.4 Å². The van der Waals surface area contributed by atoms with Crippen LogP contribution >= 0.6 is 0 Å². The van der Waals surface area contributed by atoms with Crippen molar-refractivity contribution in [3.63, 3.8) is 0 Å². The van der Waals surface area contributed by atoms with E-state index in [2.05, 4.69) is 12.2 Å². The Morgan fingerprint density at radius 3 is 2.12 bits per heavy atom. The molecule has 6 atom stereocenters. The number of rotatable bonds is 3. The number of imide groups is 1. The number of nitrogens with zero attached hydrogens (tertiary/aromatic N) is 1. The van der Waals surface area contributed by atoms with Gasteiger partial charge in [-0.2, -0.15) is 0 Å². The second-order valence-electron chi connectivity index (χ2n) is 7.43. The zero-order valence-electron chi connectivity index (χ0n) is 13.9. The average Bonchev–Trinajstić information content (AvgIpc) is 3.40. The molecular weight excluding hydrogens is 318 g/mol. The van der Waals surface area contributed by atoms with E-state index in [1.54, 1.807) is 31.2 Å². The van der Waals surface area contributed by atoms with Crippen molar-refractivity contribution in [2.45, 2.75) is 13.3 Å². The molecule has 2 saturated carbocycles. The van der Waals surface area contributed by atoms with Gasteiger partial charge < -0.3 is 4.74 Å². The number of carbonyl (C=O) groups is 3. The largest absolute Gasteiger partial charge is 0.462 e. The first-order chi connectivity index (χ1) is 12.1. The Kier molecular flexibility index (Phi) is 3.00. The number of ether oxygens (including phenoxy) is 1. The minimum absolute atomic E-state index is 0.0800. The molecule has 25 heavy (non-hydrogen) atoms. The molecule has 128 valence electrons. The molecule has 0 N–H and O–H groups in total. The minimum atomic E-state index is -0.399. The first kappa shape index (κ1) is 14.9. The summed E-state index contributed by atoms with van der Waals surface area (Å²) in [6.45, 7) is 2.06. The van der Waals surface area contributed by atoms with Crippen molar-refractivity contribution in [3.05, 3.63) is 42.0 Å². The van der Waals surface area contributed by atoms with Crippen molar-refractivity contribution in [2.75, 3.05) is 11.5 Å². The smallest absolute Gasteiger partial charge is 0.338 e. The number of anilines is 1. The van der Waals surface area contributed by atoms with Gasteiger partial charge in [-0.25, -0.2) is 4.79 Å². The fourth-order valence-electron chi connectivity index (χ4n) is 5.17. The Labute approximate surface area is 145 Å². The number of hydrogen-bond donors (Lipinski definition) is 0. The number of carbonyl (C=O) groups excluding carboxylic acids is 3. The van der Waals surface area contributed by atoms with E-state index < -0.39 is 5.97 Å². The quantitative estimate of drug-likeness (QED) is 0.483. The average molecular weight is 337 g/mol. The van der Waals surface area contributed by atoms with Gasteiger partial charge in [-0.3, -0.25) is 14.5 Å². The number of esters is 1. The highest BCUT2D eigenvalue weighted by molar-refractivity contribution is 6.22. The lowest BCUT2D eigenvalue weighted by Crippen LogP contribution is -2.40. The van der Waals surface area contributed by atoms with Gasteiger partial charge in [0.05, 0.1) is 29.7 Å². The van der Waals surface area contributed by atoms with E-state index in [0.29, 0.717) is 29.7 Å². The zero-order chi connectivity index (χ0) is 17.3. The molecule has 4 aliphatic carbocycles. The van der Waals surface area contributed by atoms with Crippen LogP contribution in [0.1, 0.15) is 23.7 Å². The number of hydrogen-bond acceptors (Lipinski definition) is 4. The maximum absolute atomic E-state index is 13.0.